The Morgan fingerprint density at radius 3 is 2.54 bits per heavy atom. The van der Waals surface area contributed by atoms with Crippen molar-refractivity contribution in [2.24, 2.45) is 0 Å². The molecule has 0 amide bonds. The fourth-order valence-electron chi connectivity index (χ4n) is 1.02. The quantitative estimate of drug-likeness (QED) is 0.554. The van der Waals surface area contributed by atoms with E-state index in [1.54, 1.807) is 0 Å². The minimum Gasteiger partial charge on any atom is -0.363 e. The van der Waals surface area contributed by atoms with Gasteiger partial charge >= 0.3 is 0 Å². The molecule has 1 N–H and O–H groups in total. The zero-order valence-electron chi connectivity index (χ0n) is 8.34. The molecule has 0 aliphatic carbocycles. The second-order valence-electron chi connectivity index (χ2n) is 3.10. The molecular weight excluding hydrogens is 162 g/mol. The first-order valence-electron chi connectivity index (χ1n) is 4.71. The number of rotatable bonds is 5. The fourth-order valence-corrected chi connectivity index (χ4v) is 1.02. The summed E-state index contributed by atoms with van der Waals surface area (Å²) >= 11 is 0. The molecule has 0 spiro atoms. The predicted octanol–water partition coefficient (Wildman–Crippen LogP) is 2.79. The van der Waals surface area contributed by atoms with Gasteiger partial charge in [0.2, 0.25) is 0 Å². The third-order valence-corrected chi connectivity index (χ3v) is 1.78. The van der Waals surface area contributed by atoms with Crippen LogP contribution in [0.1, 0.15) is 18.9 Å². The first-order valence-corrected chi connectivity index (χ1v) is 4.71. The van der Waals surface area contributed by atoms with Crippen molar-refractivity contribution in [2.75, 3.05) is 18.7 Å². The first-order chi connectivity index (χ1) is 6.33. The molecule has 0 aromatic heterocycles. The van der Waals surface area contributed by atoms with Crippen LogP contribution in [0.25, 0.3) is 0 Å². The lowest BCUT2D eigenvalue weighted by molar-refractivity contribution is 0.153. The van der Waals surface area contributed by atoms with Crippen molar-refractivity contribution in [2.45, 2.75) is 20.3 Å². The molecular formula is C11H17NO. The molecule has 0 bridgehead atoms. The highest BCUT2D eigenvalue weighted by Gasteiger charge is 1.89. The summed E-state index contributed by atoms with van der Waals surface area (Å²) in [6.07, 6.45) is 1.07. The van der Waals surface area contributed by atoms with Crippen LogP contribution in [0.3, 0.4) is 0 Å². The molecule has 1 aromatic carbocycles. The highest BCUT2D eigenvalue weighted by Crippen LogP contribution is 2.07. The van der Waals surface area contributed by atoms with Crippen molar-refractivity contribution in [1.82, 2.24) is 0 Å². The monoisotopic (exact) mass is 179 g/mol. The smallest absolute Gasteiger partial charge is 0.116 e. The molecule has 0 atom stereocenters. The SMILES string of the molecule is CCCOCNc1ccc(C)cc1. The number of benzene rings is 1. The van der Waals surface area contributed by atoms with Crippen molar-refractivity contribution in [3.05, 3.63) is 29.8 Å². The Hall–Kier alpha value is -1.02. The van der Waals surface area contributed by atoms with Gasteiger partial charge in [-0.05, 0) is 25.5 Å². The summed E-state index contributed by atoms with van der Waals surface area (Å²) in [5.74, 6) is 0. The summed E-state index contributed by atoms with van der Waals surface area (Å²) in [7, 11) is 0. The molecule has 13 heavy (non-hydrogen) atoms. The van der Waals surface area contributed by atoms with Gasteiger partial charge in [-0.25, -0.2) is 0 Å². The van der Waals surface area contributed by atoms with Crippen LogP contribution in [0.4, 0.5) is 5.69 Å². The van der Waals surface area contributed by atoms with Gasteiger partial charge in [-0.3, -0.25) is 0 Å². The molecule has 0 saturated heterocycles. The van der Waals surface area contributed by atoms with Crippen LogP contribution < -0.4 is 5.32 Å². The maximum absolute atomic E-state index is 5.31. The lowest BCUT2D eigenvalue weighted by atomic mass is 10.2. The zero-order chi connectivity index (χ0) is 9.52. The Morgan fingerprint density at radius 2 is 1.92 bits per heavy atom. The van der Waals surface area contributed by atoms with Crippen LogP contribution in [0, 0.1) is 6.92 Å². The third-order valence-electron chi connectivity index (χ3n) is 1.78. The minimum absolute atomic E-state index is 0.594. The van der Waals surface area contributed by atoms with E-state index in [4.69, 9.17) is 4.74 Å². The topological polar surface area (TPSA) is 21.3 Å². The number of hydrogen-bond donors (Lipinski definition) is 1. The molecule has 1 aromatic rings. The van der Waals surface area contributed by atoms with Crippen molar-refractivity contribution in [3.63, 3.8) is 0 Å². The summed E-state index contributed by atoms with van der Waals surface area (Å²) in [6.45, 7) is 5.60. The molecule has 2 heteroatoms. The average molecular weight is 179 g/mol. The molecule has 0 aliphatic rings. The third kappa shape index (κ3) is 3.95. The Morgan fingerprint density at radius 1 is 1.23 bits per heavy atom. The molecule has 0 saturated carbocycles. The van der Waals surface area contributed by atoms with E-state index in [2.05, 4.69) is 43.4 Å². The van der Waals surface area contributed by atoms with Crippen LogP contribution in [-0.4, -0.2) is 13.3 Å². The molecule has 0 heterocycles. The van der Waals surface area contributed by atoms with E-state index >= 15 is 0 Å². The van der Waals surface area contributed by atoms with Crippen LogP contribution in [-0.2, 0) is 4.74 Å². The highest BCUT2D eigenvalue weighted by atomic mass is 16.5. The molecule has 0 unspecified atom stereocenters. The van der Waals surface area contributed by atoms with E-state index in [1.165, 1.54) is 5.56 Å². The van der Waals surface area contributed by atoms with Gasteiger partial charge in [-0.2, -0.15) is 0 Å². The van der Waals surface area contributed by atoms with Gasteiger partial charge in [-0.1, -0.05) is 24.6 Å². The summed E-state index contributed by atoms with van der Waals surface area (Å²) in [4.78, 5) is 0. The van der Waals surface area contributed by atoms with Gasteiger partial charge in [0.25, 0.3) is 0 Å². The van der Waals surface area contributed by atoms with E-state index in [9.17, 15) is 0 Å². The van der Waals surface area contributed by atoms with Gasteiger partial charge in [-0.15, -0.1) is 0 Å². The zero-order valence-corrected chi connectivity index (χ0v) is 8.34. The maximum atomic E-state index is 5.31. The van der Waals surface area contributed by atoms with Crippen LogP contribution in [0.15, 0.2) is 24.3 Å². The minimum atomic E-state index is 0.594. The summed E-state index contributed by atoms with van der Waals surface area (Å²) in [5.41, 5.74) is 2.39. The van der Waals surface area contributed by atoms with Gasteiger partial charge in [0.15, 0.2) is 0 Å². The van der Waals surface area contributed by atoms with Crippen LogP contribution in [0.2, 0.25) is 0 Å². The Bertz CT molecular complexity index is 230. The summed E-state index contributed by atoms with van der Waals surface area (Å²) in [5, 5.41) is 3.18. The largest absolute Gasteiger partial charge is 0.363 e. The molecule has 0 aliphatic heterocycles. The van der Waals surface area contributed by atoms with Gasteiger partial charge in [0.05, 0.1) is 0 Å². The Labute approximate surface area is 79.9 Å². The second kappa shape index (κ2) is 5.60. The van der Waals surface area contributed by atoms with E-state index in [-0.39, 0.29) is 0 Å². The summed E-state index contributed by atoms with van der Waals surface area (Å²) < 4.78 is 5.31. The van der Waals surface area contributed by atoms with Crippen LogP contribution >= 0.6 is 0 Å². The van der Waals surface area contributed by atoms with E-state index in [1.807, 2.05) is 0 Å². The molecule has 72 valence electrons. The fraction of sp³-hybridized carbons (Fsp3) is 0.455. The maximum Gasteiger partial charge on any atom is 0.116 e. The highest BCUT2D eigenvalue weighted by molar-refractivity contribution is 5.43. The van der Waals surface area contributed by atoms with Crippen LogP contribution in [0.5, 0.6) is 0 Å². The first kappa shape index (κ1) is 10.1. The second-order valence-corrected chi connectivity index (χ2v) is 3.10. The Kier molecular flexibility index (Phi) is 4.33. The lowest BCUT2D eigenvalue weighted by Gasteiger charge is -2.06. The van der Waals surface area contributed by atoms with E-state index in [0.29, 0.717) is 6.73 Å². The van der Waals surface area contributed by atoms with Gasteiger partial charge < -0.3 is 10.1 Å². The van der Waals surface area contributed by atoms with E-state index < -0.39 is 0 Å². The number of anilines is 1. The van der Waals surface area contributed by atoms with Crippen molar-refractivity contribution >= 4 is 5.69 Å². The molecule has 1 rings (SSSR count). The molecule has 0 fully saturated rings. The number of aryl methyl sites for hydroxylation is 1. The molecule has 0 radical (unpaired) electrons. The van der Waals surface area contributed by atoms with Gasteiger partial charge in [0.1, 0.15) is 6.73 Å². The van der Waals surface area contributed by atoms with Crippen molar-refractivity contribution in [1.29, 1.82) is 0 Å². The standard InChI is InChI=1S/C11H17NO/c1-3-8-13-9-12-11-6-4-10(2)5-7-11/h4-7,12H,3,8-9H2,1-2H3. The Balaban J connectivity index is 2.25. The number of ether oxygens (including phenoxy) is 1. The van der Waals surface area contributed by atoms with Gasteiger partial charge in [0, 0.05) is 12.3 Å². The average Bonchev–Trinajstić information content (AvgIpc) is 2.15. The summed E-state index contributed by atoms with van der Waals surface area (Å²) in [6, 6.07) is 8.29. The van der Waals surface area contributed by atoms with E-state index in [0.717, 1.165) is 18.7 Å². The van der Waals surface area contributed by atoms with Crippen molar-refractivity contribution in [3.8, 4) is 0 Å². The number of nitrogens with one attached hydrogen (secondary N) is 1. The van der Waals surface area contributed by atoms with Crippen molar-refractivity contribution < 1.29 is 4.74 Å². The predicted molar refractivity (Wildman–Crippen MR) is 55.9 cm³/mol. The number of hydrogen-bond acceptors (Lipinski definition) is 2. The normalized spacial score (nSPS) is 10.0. The lowest BCUT2D eigenvalue weighted by Crippen LogP contribution is -2.06. The molecule has 2 nitrogen and oxygen atoms in total.